The van der Waals surface area contributed by atoms with Gasteiger partial charge in [0.1, 0.15) is 11.6 Å². The van der Waals surface area contributed by atoms with Gasteiger partial charge in [-0.05, 0) is 62.1 Å². The van der Waals surface area contributed by atoms with Gasteiger partial charge >= 0.3 is 0 Å². The van der Waals surface area contributed by atoms with Crippen LogP contribution in [0, 0.1) is 0 Å². The van der Waals surface area contributed by atoms with E-state index in [1.165, 1.54) is 76.9 Å². The third kappa shape index (κ3) is 4.31. The SMILES string of the molecule is C1=Cc2c(n(-c3cc(-n4c5ccccc5c5ccc6c7ccccc7n(-c7ccnc(-n8c9c(c%10ccccc%108)C=CCC9)c7)c6c54)ccn3)c3ccccc23)CC1. The molecule has 6 heterocycles. The second kappa shape index (κ2) is 12.0. The second-order valence-electron chi connectivity index (χ2n) is 15.6. The Morgan fingerprint density at radius 2 is 0.776 bits per heavy atom. The van der Waals surface area contributed by atoms with Crippen molar-refractivity contribution in [1.29, 1.82) is 0 Å². The molecule has 0 unspecified atom stereocenters. The molecule has 0 N–H and O–H groups in total. The van der Waals surface area contributed by atoms with Crippen molar-refractivity contribution in [2.24, 2.45) is 0 Å². The van der Waals surface area contributed by atoms with Crippen molar-refractivity contribution < 1.29 is 0 Å². The fraction of sp³-hybridized carbons (Fsp3) is 0.0769. The Hall–Kier alpha value is -7.44. The van der Waals surface area contributed by atoms with Gasteiger partial charge in [0.25, 0.3) is 0 Å². The monoisotopic (exact) mass is 744 g/mol. The number of para-hydroxylation sites is 4. The maximum absolute atomic E-state index is 5.07. The summed E-state index contributed by atoms with van der Waals surface area (Å²) in [6.07, 6.45) is 17.1. The fourth-order valence-corrected chi connectivity index (χ4v) is 10.2. The number of hydrogen-bond acceptors (Lipinski definition) is 2. The number of nitrogens with zero attached hydrogens (tertiary/aromatic N) is 6. The van der Waals surface area contributed by atoms with E-state index in [9.17, 15) is 0 Å². The molecule has 0 aliphatic heterocycles. The number of aromatic nitrogens is 6. The molecule has 274 valence electrons. The number of hydrogen-bond donors (Lipinski definition) is 0. The van der Waals surface area contributed by atoms with E-state index in [0.29, 0.717) is 0 Å². The summed E-state index contributed by atoms with van der Waals surface area (Å²) in [7, 11) is 0. The van der Waals surface area contributed by atoms with E-state index in [4.69, 9.17) is 9.97 Å². The number of fused-ring (bicyclic) bond motifs is 13. The van der Waals surface area contributed by atoms with Crippen molar-refractivity contribution in [3.8, 4) is 23.0 Å². The van der Waals surface area contributed by atoms with Crippen molar-refractivity contribution in [3.63, 3.8) is 0 Å². The molecule has 6 heteroatoms. The van der Waals surface area contributed by atoms with Gasteiger partial charge < -0.3 is 9.13 Å². The Morgan fingerprint density at radius 3 is 1.22 bits per heavy atom. The summed E-state index contributed by atoms with van der Waals surface area (Å²) >= 11 is 0. The standard InChI is InChI=1S/C52H36N6/c1-9-21-45-35(13-1)36-14-2-10-22-46(36)57(45)49-31-33(27-29-53-49)55-43-19-7-5-17-39(43)41-25-26-42-40-18-6-8-20-44(40)56(52(42)51(41)55)34-28-30-54-50(32-34)58-47-23-11-3-15-37(47)38-16-4-12-24-48(38)58/h1-9,11,13-21,23,25-32H,10,12,22,24H2. The molecule has 0 amide bonds. The van der Waals surface area contributed by atoms with Crippen LogP contribution < -0.4 is 0 Å². The smallest absolute Gasteiger partial charge is 0.139 e. The predicted octanol–water partition coefficient (Wildman–Crippen LogP) is 12.5. The second-order valence-corrected chi connectivity index (χ2v) is 15.6. The molecule has 0 bridgehead atoms. The minimum Gasteiger partial charge on any atom is -0.307 e. The minimum atomic E-state index is 0.930. The molecule has 0 radical (unpaired) electrons. The van der Waals surface area contributed by atoms with Gasteiger partial charge in [-0.25, -0.2) is 9.97 Å². The first-order valence-corrected chi connectivity index (χ1v) is 20.3. The summed E-state index contributed by atoms with van der Waals surface area (Å²) in [4.78, 5) is 10.1. The molecule has 13 rings (SSSR count). The number of benzene rings is 5. The van der Waals surface area contributed by atoms with Gasteiger partial charge in [-0.2, -0.15) is 0 Å². The maximum atomic E-state index is 5.07. The van der Waals surface area contributed by atoms with Gasteiger partial charge in [0, 0.05) is 79.4 Å². The quantitative estimate of drug-likeness (QED) is 0.180. The zero-order chi connectivity index (χ0) is 37.9. The van der Waals surface area contributed by atoms with Crippen LogP contribution in [0.5, 0.6) is 0 Å². The zero-order valence-electron chi connectivity index (χ0n) is 31.7. The third-order valence-corrected chi connectivity index (χ3v) is 12.6. The molecular weight excluding hydrogens is 709 g/mol. The molecule has 6 aromatic heterocycles. The van der Waals surface area contributed by atoms with Crippen molar-refractivity contribution in [3.05, 3.63) is 181 Å². The van der Waals surface area contributed by atoms with Crippen LogP contribution in [-0.4, -0.2) is 28.2 Å². The number of rotatable bonds is 4. The van der Waals surface area contributed by atoms with Crippen molar-refractivity contribution in [1.82, 2.24) is 28.2 Å². The summed E-state index contributed by atoms with van der Waals surface area (Å²) in [5.74, 6) is 1.86. The van der Waals surface area contributed by atoms with Gasteiger partial charge in [-0.15, -0.1) is 0 Å². The first-order valence-electron chi connectivity index (χ1n) is 20.3. The molecule has 11 aromatic rings. The van der Waals surface area contributed by atoms with Gasteiger partial charge in [-0.1, -0.05) is 109 Å². The van der Waals surface area contributed by atoms with Crippen LogP contribution in [0.2, 0.25) is 0 Å². The molecule has 0 saturated carbocycles. The van der Waals surface area contributed by atoms with Crippen LogP contribution in [0.25, 0.3) is 101 Å². The maximum Gasteiger partial charge on any atom is 0.139 e. The molecule has 0 fully saturated rings. The van der Waals surface area contributed by atoms with Gasteiger partial charge in [-0.3, -0.25) is 9.13 Å². The highest BCUT2D eigenvalue weighted by atomic mass is 15.1. The first-order chi connectivity index (χ1) is 28.8. The molecule has 0 spiro atoms. The lowest BCUT2D eigenvalue weighted by atomic mass is 10.0. The highest BCUT2D eigenvalue weighted by Gasteiger charge is 2.24. The highest BCUT2D eigenvalue weighted by Crippen LogP contribution is 2.43. The Morgan fingerprint density at radius 1 is 0.379 bits per heavy atom. The lowest BCUT2D eigenvalue weighted by molar-refractivity contribution is 0.869. The fourth-order valence-electron chi connectivity index (χ4n) is 10.2. The summed E-state index contributed by atoms with van der Waals surface area (Å²) in [5.41, 5.74) is 14.4. The van der Waals surface area contributed by atoms with Gasteiger partial charge in [0.2, 0.25) is 0 Å². The van der Waals surface area contributed by atoms with Crippen molar-refractivity contribution >= 4 is 77.6 Å². The highest BCUT2D eigenvalue weighted by molar-refractivity contribution is 6.23. The third-order valence-electron chi connectivity index (χ3n) is 12.6. The van der Waals surface area contributed by atoms with Crippen LogP contribution in [0.3, 0.4) is 0 Å². The average Bonchev–Trinajstić information content (AvgIpc) is 4.02. The molecule has 58 heavy (non-hydrogen) atoms. The van der Waals surface area contributed by atoms with Crippen LogP contribution in [0.15, 0.2) is 158 Å². The molecule has 2 aliphatic carbocycles. The van der Waals surface area contributed by atoms with Gasteiger partial charge in [0.05, 0.1) is 44.5 Å². The van der Waals surface area contributed by atoms with Crippen molar-refractivity contribution in [2.45, 2.75) is 25.7 Å². The lowest BCUT2D eigenvalue weighted by Crippen LogP contribution is -2.07. The topological polar surface area (TPSA) is 45.5 Å². The molecule has 0 atom stereocenters. The van der Waals surface area contributed by atoms with E-state index < -0.39 is 0 Å². The molecule has 5 aromatic carbocycles. The van der Waals surface area contributed by atoms with E-state index in [2.05, 4.69) is 176 Å². The Labute approximate surface area is 333 Å². The summed E-state index contributed by atoms with van der Waals surface area (Å²) in [6, 6.07) is 48.7. The summed E-state index contributed by atoms with van der Waals surface area (Å²) in [5, 5.41) is 7.41. The molecular formula is C52H36N6. The lowest BCUT2D eigenvalue weighted by Gasteiger charge is -2.16. The van der Waals surface area contributed by atoms with Crippen LogP contribution in [-0.2, 0) is 12.8 Å². The summed E-state index contributed by atoms with van der Waals surface area (Å²) in [6.45, 7) is 0. The predicted molar refractivity (Wildman–Crippen MR) is 239 cm³/mol. The number of allylic oxidation sites excluding steroid dienone is 2. The van der Waals surface area contributed by atoms with E-state index in [1.54, 1.807) is 0 Å². The molecule has 0 saturated heterocycles. The van der Waals surface area contributed by atoms with Crippen LogP contribution in [0.1, 0.15) is 35.4 Å². The largest absolute Gasteiger partial charge is 0.307 e. The molecule has 2 aliphatic rings. The van der Waals surface area contributed by atoms with E-state index in [-0.39, 0.29) is 0 Å². The minimum absolute atomic E-state index is 0.930. The summed E-state index contributed by atoms with van der Waals surface area (Å²) < 4.78 is 9.71. The van der Waals surface area contributed by atoms with Crippen LogP contribution >= 0.6 is 0 Å². The van der Waals surface area contributed by atoms with E-state index in [1.807, 2.05) is 12.4 Å². The van der Waals surface area contributed by atoms with E-state index >= 15 is 0 Å². The Balaban J connectivity index is 1.11. The Kier molecular flexibility index (Phi) is 6.58. The first kappa shape index (κ1) is 31.7. The normalized spacial score (nSPS) is 13.8. The van der Waals surface area contributed by atoms with Gasteiger partial charge in [0.15, 0.2) is 0 Å². The van der Waals surface area contributed by atoms with E-state index in [0.717, 1.165) is 59.7 Å². The Bertz CT molecular complexity index is 3350. The number of pyridine rings is 2. The molecule has 6 nitrogen and oxygen atoms in total. The van der Waals surface area contributed by atoms with Crippen molar-refractivity contribution in [2.75, 3.05) is 0 Å². The average molecular weight is 745 g/mol. The zero-order valence-corrected chi connectivity index (χ0v) is 31.7. The van der Waals surface area contributed by atoms with Crippen LogP contribution in [0.4, 0.5) is 0 Å².